The Morgan fingerprint density at radius 2 is 2.15 bits per heavy atom. The Labute approximate surface area is 126 Å². The number of nitrogens with zero attached hydrogens (tertiary/aromatic N) is 1. The molecule has 4 heteroatoms. The van der Waals surface area contributed by atoms with Gasteiger partial charge in [0.05, 0.1) is 6.04 Å². The van der Waals surface area contributed by atoms with Gasteiger partial charge >= 0.3 is 0 Å². The maximum atomic E-state index is 12.3. The fraction of sp³-hybridized carbons (Fsp3) is 0.562. The molecule has 1 aromatic carbocycles. The molecule has 0 aromatic heterocycles. The van der Waals surface area contributed by atoms with Crippen LogP contribution in [0.25, 0.3) is 0 Å². The Bertz CT molecular complexity index is 485. The van der Waals surface area contributed by atoms with Crippen LogP contribution in [0.2, 0.25) is 5.02 Å². The van der Waals surface area contributed by atoms with Gasteiger partial charge in [-0.3, -0.25) is 10.1 Å². The minimum Gasteiger partial charge on any atom is -0.342 e. The number of nitrogens with one attached hydrogen (secondary N) is 1. The molecule has 0 spiro atoms. The summed E-state index contributed by atoms with van der Waals surface area (Å²) in [5.74, 6) is 0.178. The lowest BCUT2D eigenvalue weighted by molar-refractivity contribution is -0.132. The number of amides is 1. The van der Waals surface area contributed by atoms with Crippen LogP contribution in [0.5, 0.6) is 0 Å². The van der Waals surface area contributed by atoms with Crippen molar-refractivity contribution in [1.82, 2.24) is 10.2 Å². The van der Waals surface area contributed by atoms with E-state index in [1.54, 1.807) is 0 Å². The normalized spacial score (nSPS) is 18.7. The van der Waals surface area contributed by atoms with Gasteiger partial charge in [-0.1, -0.05) is 17.7 Å². The SMILES string of the molecule is CCN(CC)C(=O)C(C)NC1CCc2cc(Cl)ccc21. The number of rotatable bonds is 5. The minimum absolute atomic E-state index is 0.151. The van der Waals surface area contributed by atoms with E-state index in [9.17, 15) is 4.79 Å². The van der Waals surface area contributed by atoms with Crippen molar-refractivity contribution >= 4 is 17.5 Å². The van der Waals surface area contributed by atoms with Gasteiger partial charge in [-0.15, -0.1) is 0 Å². The molecule has 1 aromatic rings. The number of fused-ring (bicyclic) bond motifs is 1. The van der Waals surface area contributed by atoms with E-state index in [1.165, 1.54) is 11.1 Å². The summed E-state index contributed by atoms with van der Waals surface area (Å²) in [6.07, 6.45) is 2.06. The fourth-order valence-electron chi connectivity index (χ4n) is 2.94. The predicted octanol–water partition coefficient (Wildman–Crippen LogP) is 3.17. The van der Waals surface area contributed by atoms with Gasteiger partial charge in [0.2, 0.25) is 5.91 Å². The van der Waals surface area contributed by atoms with Crippen molar-refractivity contribution < 1.29 is 4.79 Å². The van der Waals surface area contributed by atoms with Crippen LogP contribution in [-0.4, -0.2) is 29.9 Å². The van der Waals surface area contributed by atoms with Crippen LogP contribution in [0, 0.1) is 0 Å². The Balaban J connectivity index is 2.04. The van der Waals surface area contributed by atoms with Crippen molar-refractivity contribution in [3.63, 3.8) is 0 Å². The van der Waals surface area contributed by atoms with Gasteiger partial charge in [0, 0.05) is 24.2 Å². The largest absolute Gasteiger partial charge is 0.342 e. The summed E-state index contributed by atoms with van der Waals surface area (Å²) < 4.78 is 0. The van der Waals surface area contributed by atoms with Crippen LogP contribution in [-0.2, 0) is 11.2 Å². The van der Waals surface area contributed by atoms with Gasteiger partial charge in [0.25, 0.3) is 0 Å². The third-order valence-electron chi connectivity index (χ3n) is 4.08. The molecule has 0 heterocycles. The second kappa shape index (κ2) is 6.59. The number of hydrogen-bond acceptors (Lipinski definition) is 2. The minimum atomic E-state index is -0.151. The van der Waals surface area contributed by atoms with Crippen molar-refractivity contribution in [3.8, 4) is 0 Å². The lowest BCUT2D eigenvalue weighted by Gasteiger charge is -2.26. The van der Waals surface area contributed by atoms with Crippen LogP contribution in [0.4, 0.5) is 0 Å². The van der Waals surface area contributed by atoms with E-state index in [-0.39, 0.29) is 18.0 Å². The van der Waals surface area contributed by atoms with Gasteiger partial charge in [-0.05, 0) is 56.9 Å². The quantitative estimate of drug-likeness (QED) is 0.904. The highest BCUT2D eigenvalue weighted by Gasteiger charge is 2.27. The number of carbonyl (C=O) groups excluding carboxylic acids is 1. The lowest BCUT2D eigenvalue weighted by atomic mass is 10.1. The summed E-state index contributed by atoms with van der Waals surface area (Å²) >= 11 is 6.03. The van der Waals surface area contributed by atoms with Gasteiger partial charge in [0.1, 0.15) is 0 Å². The molecule has 110 valence electrons. The Morgan fingerprint density at radius 1 is 1.45 bits per heavy atom. The molecule has 0 bridgehead atoms. The maximum absolute atomic E-state index is 12.3. The third kappa shape index (κ3) is 3.15. The molecule has 1 amide bonds. The highest BCUT2D eigenvalue weighted by atomic mass is 35.5. The van der Waals surface area contributed by atoms with E-state index < -0.39 is 0 Å². The van der Waals surface area contributed by atoms with Gasteiger partial charge in [-0.2, -0.15) is 0 Å². The summed E-state index contributed by atoms with van der Waals surface area (Å²) in [7, 11) is 0. The van der Waals surface area contributed by atoms with Gasteiger partial charge in [0.15, 0.2) is 0 Å². The van der Waals surface area contributed by atoms with Crippen molar-refractivity contribution in [1.29, 1.82) is 0 Å². The van der Waals surface area contributed by atoms with Gasteiger partial charge in [-0.25, -0.2) is 0 Å². The first kappa shape index (κ1) is 15.3. The predicted molar refractivity (Wildman–Crippen MR) is 83.0 cm³/mol. The molecule has 0 saturated heterocycles. The van der Waals surface area contributed by atoms with Crippen LogP contribution in [0.15, 0.2) is 18.2 Å². The third-order valence-corrected chi connectivity index (χ3v) is 4.31. The zero-order chi connectivity index (χ0) is 14.7. The number of carbonyl (C=O) groups is 1. The van der Waals surface area contributed by atoms with E-state index in [0.29, 0.717) is 0 Å². The second-order valence-corrected chi connectivity index (χ2v) is 5.77. The van der Waals surface area contributed by atoms with Crippen molar-refractivity contribution in [2.75, 3.05) is 13.1 Å². The van der Waals surface area contributed by atoms with E-state index in [2.05, 4.69) is 11.4 Å². The van der Waals surface area contributed by atoms with E-state index in [1.807, 2.05) is 37.8 Å². The lowest BCUT2D eigenvalue weighted by Crippen LogP contribution is -2.45. The molecule has 0 fully saturated rings. The summed E-state index contributed by atoms with van der Waals surface area (Å²) in [5, 5.41) is 4.26. The molecule has 1 aliphatic carbocycles. The van der Waals surface area contributed by atoms with Crippen molar-refractivity contribution in [2.24, 2.45) is 0 Å². The summed E-state index contributed by atoms with van der Waals surface area (Å²) in [5.41, 5.74) is 2.59. The number of likely N-dealkylation sites (N-methyl/N-ethyl adjacent to an activating group) is 1. The fourth-order valence-corrected chi connectivity index (χ4v) is 3.14. The summed E-state index contributed by atoms with van der Waals surface area (Å²) in [4.78, 5) is 14.2. The topological polar surface area (TPSA) is 32.3 Å². The van der Waals surface area contributed by atoms with Crippen molar-refractivity contribution in [2.45, 2.75) is 45.7 Å². The first-order chi connectivity index (χ1) is 9.56. The molecular formula is C16H23ClN2O. The summed E-state index contributed by atoms with van der Waals surface area (Å²) in [6.45, 7) is 7.51. The van der Waals surface area contributed by atoms with Crippen LogP contribution >= 0.6 is 11.6 Å². The first-order valence-corrected chi connectivity index (χ1v) is 7.77. The number of aryl methyl sites for hydroxylation is 1. The molecule has 1 aliphatic rings. The number of halogens is 1. The Kier molecular flexibility index (Phi) is 5.06. The molecule has 2 unspecified atom stereocenters. The standard InChI is InChI=1S/C16H23ClN2O/c1-4-19(5-2)16(20)11(3)18-15-9-6-12-10-13(17)7-8-14(12)15/h7-8,10-11,15,18H,4-6,9H2,1-3H3. The summed E-state index contributed by atoms with van der Waals surface area (Å²) in [6, 6.07) is 6.15. The molecule has 2 rings (SSSR count). The highest BCUT2D eigenvalue weighted by molar-refractivity contribution is 6.30. The molecule has 0 saturated carbocycles. The molecule has 1 N–H and O–H groups in total. The molecule has 0 radical (unpaired) electrons. The van der Waals surface area contributed by atoms with Gasteiger partial charge < -0.3 is 4.90 Å². The first-order valence-electron chi connectivity index (χ1n) is 7.40. The molecule has 2 atom stereocenters. The average molecular weight is 295 g/mol. The van der Waals surface area contributed by atoms with E-state index in [4.69, 9.17) is 11.6 Å². The van der Waals surface area contributed by atoms with Crippen LogP contribution in [0.1, 0.15) is 44.4 Å². The zero-order valence-electron chi connectivity index (χ0n) is 12.4. The average Bonchev–Trinajstić information content (AvgIpc) is 2.82. The van der Waals surface area contributed by atoms with Crippen LogP contribution in [0.3, 0.4) is 0 Å². The maximum Gasteiger partial charge on any atom is 0.239 e. The number of hydrogen-bond donors (Lipinski definition) is 1. The van der Waals surface area contributed by atoms with E-state index in [0.717, 1.165) is 31.0 Å². The van der Waals surface area contributed by atoms with Crippen LogP contribution < -0.4 is 5.32 Å². The Hall–Kier alpha value is -1.06. The molecule has 0 aliphatic heterocycles. The van der Waals surface area contributed by atoms with E-state index >= 15 is 0 Å². The second-order valence-electron chi connectivity index (χ2n) is 5.33. The van der Waals surface area contributed by atoms with Crippen molar-refractivity contribution in [3.05, 3.63) is 34.3 Å². The smallest absolute Gasteiger partial charge is 0.239 e. The zero-order valence-corrected chi connectivity index (χ0v) is 13.2. The molecule has 20 heavy (non-hydrogen) atoms. The Morgan fingerprint density at radius 3 is 2.80 bits per heavy atom. The highest BCUT2D eigenvalue weighted by Crippen LogP contribution is 2.33. The molecular weight excluding hydrogens is 272 g/mol. The molecule has 3 nitrogen and oxygen atoms in total. The number of benzene rings is 1. The monoisotopic (exact) mass is 294 g/mol.